The fraction of sp³-hybridized carbons (Fsp3) is 0.0526. The zero-order chi connectivity index (χ0) is 19.1. The largest absolute Gasteiger partial charge is 0.478 e. The molecule has 3 aromatic rings. The Balaban J connectivity index is 1.74. The maximum Gasteiger partial charge on any atom is 0.336 e. The predicted molar refractivity (Wildman–Crippen MR) is 113 cm³/mol. The number of fused-ring (bicyclic) bond motifs is 1. The molecule has 3 heterocycles. The van der Waals surface area contributed by atoms with Gasteiger partial charge in [0.15, 0.2) is 0 Å². The quantitative estimate of drug-likeness (QED) is 0.488. The van der Waals surface area contributed by atoms with Gasteiger partial charge in [0, 0.05) is 16.0 Å². The Morgan fingerprint density at radius 1 is 1.26 bits per heavy atom. The number of aromatic nitrogens is 1. The third-order valence-corrected chi connectivity index (χ3v) is 6.08. The third kappa shape index (κ3) is 3.51. The molecule has 8 heteroatoms. The Kier molecular flexibility index (Phi) is 4.55. The highest BCUT2D eigenvalue weighted by molar-refractivity contribution is 8.26. The van der Waals surface area contributed by atoms with Crippen LogP contribution in [0.15, 0.2) is 40.6 Å². The number of carboxylic acids is 1. The molecule has 1 amide bonds. The van der Waals surface area contributed by atoms with Gasteiger partial charge in [-0.05, 0) is 53.8 Å². The number of hydrogen-bond donors (Lipinski definition) is 2. The van der Waals surface area contributed by atoms with E-state index in [-0.39, 0.29) is 11.5 Å². The van der Waals surface area contributed by atoms with Crippen molar-refractivity contribution in [3.8, 4) is 11.1 Å². The van der Waals surface area contributed by atoms with Gasteiger partial charge in [-0.3, -0.25) is 9.78 Å². The predicted octanol–water partition coefficient (Wildman–Crippen LogP) is 4.46. The summed E-state index contributed by atoms with van der Waals surface area (Å²) in [6.07, 6.45) is 1.81. The summed E-state index contributed by atoms with van der Waals surface area (Å²) in [5.41, 5.74) is 3.42. The van der Waals surface area contributed by atoms with Crippen molar-refractivity contribution in [2.45, 2.75) is 6.92 Å². The summed E-state index contributed by atoms with van der Waals surface area (Å²) in [4.78, 5) is 29.3. The van der Waals surface area contributed by atoms with Gasteiger partial charge in [-0.15, -0.1) is 11.3 Å². The van der Waals surface area contributed by atoms with E-state index >= 15 is 0 Å². The number of thiocarbonyl (C=S) groups is 1. The van der Waals surface area contributed by atoms with Crippen molar-refractivity contribution in [1.82, 2.24) is 10.3 Å². The van der Waals surface area contributed by atoms with Gasteiger partial charge in [-0.2, -0.15) is 0 Å². The molecule has 27 heavy (non-hydrogen) atoms. The molecule has 5 nitrogen and oxygen atoms in total. The van der Waals surface area contributed by atoms with Gasteiger partial charge in [0.05, 0.1) is 16.0 Å². The van der Waals surface area contributed by atoms with Crippen LogP contribution in [0.1, 0.15) is 20.9 Å². The van der Waals surface area contributed by atoms with Crippen molar-refractivity contribution >= 4 is 68.5 Å². The standard InChI is InChI=1S/C19H12N2O3S3/c1-9-4-14(18(23)24)13-6-10(2-3-15(13)20-9)11-5-12(26-8-11)7-16-17(22)21-19(25)27-16/h2-8H,1H3,(H,23,24)(H,21,22,25)/b16-7-. The monoisotopic (exact) mass is 412 g/mol. The molecule has 134 valence electrons. The van der Waals surface area contributed by atoms with Gasteiger partial charge in [0.25, 0.3) is 5.91 Å². The van der Waals surface area contributed by atoms with Crippen molar-refractivity contribution in [1.29, 1.82) is 0 Å². The molecule has 0 aliphatic carbocycles. The highest BCUT2D eigenvalue weighted by Gasteiger charge is 2.22. The van der Waals surface area contributed by atoms with Crippen LogP contribution in [0.4, 0.5) is 0 Å². The summed E-state index contributed by atoms with van der Waals surface area (Å²) in [6, 6.07) is 9.15. The van der Waals surface area contributed by atoms with Crippen LogP contribution < -0.4 is 5.32 Å². The van der Waals surface area contributed by atoms with Crippen molar-refractivity contribution in [3.63, 3.8) is 0 Å². The van der Waals surface area contributed by atoms with E-state index in [9.17, 15) is 14.7 Å². The Hall–Kier alpha value is -2.55. The second-order valence-corrected chi connectivity index (χ2v) is 8.60. The molecule has 2 N–H and O–H groups in total. The van der Waals surface area contributed by atoms with Gasteiger partial charge >= 0.3 is 5.97 Å². The number of carbonyl (C=O) groups excluding carboxylic acids is 1. The van der Waals surface area contributed by atoms with E-state index < -0.39 is 5.97 Å². The van der Waals surface area contributed by atoms with Crippen molar-refractivity contribution in [3.05, 3.63) is 56.8 Å². The molecule has 1 saturated heterocycles. The van der Waals surface area contributed by atoms with Crippen LogP contribution in [-0.4, -0.2) is 26.3 Å². The topological polar surface area (TPSA) is 79.3 Å². The van der Waals surface area contributed by atoms with Gasteiger partial charge < -0.3 is 10.4 Å². The van der Waals surface area contributed by atoms with E-state index in [2.05, 4.69) is 10.3 Å². The first kappa shape index (κ1) is 17.8. The van der Waals surface area contributed by atoms with E-state index in [0.29, 0.717) is 25.8 Å². The number of aryl methyl sites for hydroxylation is 1. The minimum Gasteiger partial charge on any atom is -0.478 e. The molecular formula is C19H12N2O3S3. The minimum atomic E-state index is -0.973. The SMILES string of the molecule is Cc1cc(C(=O)O)c2cc(-c3csc(/C=C4\SC(=S)NC4=O)c3)ccc2n1. The third-order valence-electron chi connectivity index (χ3n) is 4.04. The van der Waals surface area contributed by atoms with Crippen molar-refractivity contribution in [2.75, 3.05) is 0 Å². The Bertz CT molecular complexity index is 1160. The van der Waals surface area contributed by atoms with Crippen molar-refractivity contribution < 1.29 is 14.7 Å². The normalized spacial score (nSPS) is 15.5. The fourth-order valence-electron chi connectivity index (χ4n) is 2.84. The highest BCUT2D eigenvalue weighted by Crippen LogP contribution is 2.33. The molecule has 2 aromatic heterocycles. The summed E-state index contributed by atoms with van der Waals surface area (Å²) in [7, 11) is 0. The van der Waals surface area contributed by atoms with Gasteiger partial charge in [-0.25, -0.2) is 4.79 Å². The minimum absolute atomic E-state index is 0.182. The smallest absolute Gasteiger partial charge is 0.336 e. The molecule has 1 aromatic carbocycles. The number of benzene rings is 1. The molecule has 0 unspecified atom stereocenters. The molecular weight excluding hydrogens is 400 g/mol. The van der Waals surface area contributed by atoms with Crippen LogP contribution >= 0.6 is 35.3 Å². The van der Waals surface area contributed by atoms with E-state index in [1.807, 2.05) is 35.7 Å². The van der Waals surface area contributed by atoms with Crippen LogP contribution in [0.2, 0.25) is 0 Å². The zero-order valence-corrected chi connectivity index (χ0v) is 16.4. The maximum atomic E-state index is 11.8. The number of nitrogens with zero attached hydrogens (tertiary/aromatic N) is 1. The summed E-state index contributed by atoms with van der Waals surface area (Å²) in [5, 5.41) is 14.7. The average Bonchev–Trinajstić information content (AvgIpc) is 3.20. The molecule has 0 spiro atoms. The number of carbonyl (C=O) groups is 2. The van der Waals surface area contributed by atoms with E-state index in [4.69, 9.17) is 12.2 Å². The number of rotatable bonds is 3. The Labute approximate surface area is 168 Å². The number of thioether (sulfide) groups is 1. The molecule has 0 saturated carbocycles. The number of carboxylic acid groups (broad SMARTS) is 1. The Morgan fingerprint density at radius 2 is 2.07 bits per heavy atom. The molecule has 4 rings (SSSR count). The van der Waals surface area contributed by atoms with Gasteiger partial charge in [0.1, 0.15) is 4.32 Å². The van der Waals surface area contributed by atoms with E-state index in [0.717, 1.165) is 16.0 Å². The van der Waals surface area contributed by atoms with Crippen LogP contribution in [0.5, 0.6) is 0 Å². The van der Waals surface area contributed by atoms with Gasteiger partial charge in [-0.1, -0.05) is 30.0 Å². The summed E-state index contributed by atoms with van der Waals surface area (Å²) >= 11 is 7.75. The summed E-state index contributed by atoms with van der Waals surface area (Å²) < 4.78 is 0.460. The van der Waals surface area contributed by atoms with Crippen LogP contribution in [0.3, 0.4) is 0 Å². The Morgan fingerprint density at radius 3 is 2.78 bits per heavy atom. The lowest BCUT2D eigenvalue weighted by atomic mass is 10.0. The van der Waals surface area contributed by atoms with E-state index in [1.165, 1.54) is 23.1 Å². The zero-order valence-electron chi connectivity index (χ0n) is 14.0. The second kappa shape index (κ2) is 6.88. The number of hydrogen-bond acceptors (Lipinski definition) is 6. The fourth-order valence-corrected chi connectivity index (χ4v) is 4.80. The van der Waals surface area contributed by atoms with Crippen LogP contribution in [0, 0.1) is 6.92 Å². The van der Waals surface area contributed by atoms with Crippen LogP contribution in [0.25, 0.3) is 28.1 Å². The number of nitrogens with one attached hydrogen (secondary N) is 1. The lowest BCUT2D eigenvalue weighted by Gasteiger charge is -2.06. The number of aromatic carboxylic acids is 1. The lowest BCUT2D eigenvalue weighted by Crippen LogP contribution is -2.17. The second-order valence-electron chi connectivity index (χ2n) is 5.94. The molecule has 1 aliphatic rings. The summed E-state index contributed by atoms with van der Waals surface area (Å²) in [6.45, 7) is 1.78. The number of pyridine rings is 1. The maximum absolute atomic E-state index is 11.8. The molecule has 0 bridgehead atoms. The van der Waals surface area contributed by atoms with Gasteiger partial charge in [0.2, 0.25) is 0 Å². The average molecular weight is 413 g/mol. The lowest BCUT2D eigenvalue weighted by molar-refractivity contribution is -0.115. The molecule has 0 radical (unpaired) electrons. The summed E-state index contributed by atoms with van der Waals surface area (Å²) in [5.74, 6) is -1.16. The van der Waals surface area contributed by atoms with E-state index in [1.54, 1.807) is 13.0 Å². The molecule has 1 aliphatic heterocycles. The first-order valence-corrected chi connectivity index (χ1v) is 9.99. The number of amides is 1. The molecule has 1 fully saturated rings. The van der Waals surface area contributed by atoms with Crippen LogP contribution in [-0.2, 0) is 4.79 Å². The highest BCUT2D eigenvalue weighted by atomic mass is 32.2. The molecule has 0 atom stereocenters. The number of thiophene rings is 1. The first-order valence-electron chi connectivity index (χ1n) is 7.89. The van der Waals surface area contributed by atoms with Crippen molar-refractivity contribution in [2.24, 2.45) is 0 Å². The first-order chi connectivity index (χ1) is 12.9.